The molecule has 1 saturated carbocycles. The Hall–Kier alpha value is -4.81. The first kappa shape index (κ1) is 55.4. The molecule has 2 saturated heterocycles. The molecule has 3 aliphatic rings. The summed E-state index contributed by atoms with van der Waals surface area (Å²) in [6.07, 6.45) is 10.6. The van der Waals surface area contributed by atoms with Gasteiger partial charge in [-0.25, -0.2) is 0 Å². The van der Waals surface area contributed by atoms with Gasteiger partial charge in [-0.1, -0.05) is 136 Å². The third-order valence-electron chi connectivity index (χ3n) is 16.8. The number of amides is 2. The second-order valence-electron chi connectivity index (χ2n) is 23.5. The van der Waals surface area contributed by atoms with Gasteiger partial charge in [0.05, 0.1) is 22.4 Å². The molecule has 2 amide bonds. The Bertz CT molecular complexity index is 2660. The minimum absolute atomic E-state index is 0.115. The van der Waals surface area contributed by atoms with Crippen LogP contribution in [0.4, 0.5) is 0 Å². The Morgan fingerprint density at radius 2 is 0.919 bits per heavy atom. The number of nitrogens with one attached hydrogen (secondary N) is 2. The van der Waals surface area contributed by atoms with E-state index in [-0.39, 0.29) is 17.7 Å². The average Bonchev–Trinajstić information content (AvgIpc) is 3.74. The molecule has 74 heavy (non-hydrogen) atoms. The summed E-state index contributed by atoms with van der Waals surface area (Å²) in [5, 5.41) is 11.3. The molecule has 0 spiro atoms. The van der Waals surface area contributed by atoms with E-state index in [1.54, 1.807) is 6.92 Å². The summed E-state index contributed by atoms with van der Waals surface area (Å²) >= 11 is 0. The summed E-state index contributed by atoms with van der Waals surface area (Å²) in [5.74, 6) is 0.332. The van der Waals surface area contributed by atoms with Crippen LogP contribution in [-0.2, 0) is 54.4 Å². The maximum absolute atomic E-state index is 12.9. The van der Waals surface area contributed by atoms with Gasteiger partial charge in [0.2, 0.25) is 11.8 Å². The monoisotopic (exact) mass is 1000 g/mol. The largest absolute Gasteiger partial charge is 0.495 e. The zero-order chi connectivity index (χ0) is 52.7. The fraction of sp³-hybridized carbons (Fsp3) is 0.516. The number of unbranched alkanes of at least 4 members (excludes halogenated alkanes) is 3. The van der Waals surface area contributed by atoms with Gasteiger partial charge in [-0.3, -0.25) is 19.4 Å². The lowest BCUT2D eigenvalue weighted by atomic mass is 9.75. The van der Waals surface area contributed by atoms with Gasteiger partial charge in [0.15, 0.2) is 0 Å². The third-order valence-corrected chi connectivity index (χ3v) is 16.8. The molecule has 1 aliphatic carbocycles. The number of fused-ring (bicyclic) bond motifs is 2. The van der Waals surface area contributed by atoms with E-state index in [0.717, 1.165) is 94.2 Å². The van der Waals surface area contributed by atoms with Crippen molar-refractivity contribution < 1.29 is 28.2 Å². The lowest BCUT2D eigenvalue weighted by Crippen LogP contribution is -2.41. The Balaban J connectivity index is 1.09. The SMILES string of the molecule is C=C(C)C(=O)NCCCN(Cc1ccccc1B1OC(C)(C)C(C)(C)O1)Cc1c2ccccc2c(CN(CCCCCCNC(=O)C2CCCCC2)Cc2ccccc2B2OC(C)(C)C(C)(C)O2)c2ccccc12. The van der Waals surface area contributed by atoms with E-state index in [0.29, 0.717) is 25.2 Å². The van der Waals surface area contributed by atoms with Crippen LogP contribution in [0.3, 0.4) is 0 Å². The van der Waals surface area contributed by atoms with Crippen LogP contribution in [0.2, 0.25) is 0 Å². The molecule has 12 heteroatoms. The van der Waals surface area contributed by atoms with Gasteiger partial charge in [0, 0.05) is 57.3 Å². The van der Waals surface area contributed by atoms with Crippen molar-refractivity contribution in [2.45, 2.75) is 175 Å². The van der Waals surface area contributed by atoms with E-state index >= 15 is 0 Å². The van der Waals surface area contributed by atoms with Crippen LogP contribution in [0, 0.1) is 5.92 Å². The molecule has 2 aliphatic heterocycles. The quantitative estimate of drug-likeness (QED) is 0.0289. The maximum Gasteiger partial charge on any atom is 0.495 e. The van der Waals surface area contributed by atoms with E-state index in [1.165, 1.54) is 57.5 Å². The minimum Gasteiger partial charge on any atom is -0.399 e. The smallest absolute Gasteiger partial charge is 0.399 e. The molecule has 2 heterocycles. The molecule has 394 valence electrons. The van der Waals surface area contributed by atoms with Crippen LogP contribution in [0.15, 0.2) is 109 Å². The standard InChI is InChI=1S/C62H84B2N4O6/c1-45(2)57(69)65-38-26-40-68(42-48-30-17-23-36-56(48)64-73-61(7,8)62(9,10)74-64)44-54-51-33-20-18-31-49(51)53(50-32-19-21-34-52(50)54)43-67(39-25-12-11-24-37-66-58(70)46-27-14-13-15-28-46)41-47-29-16-22-35-55(47)63-71-59(3,4)60(5,6)72-63/h16-23,29-36,46H,1,11-15,24-28,37-44H2,2-10H3,(H,65,69)(H,66,70). The zero-order valence-corrected chi connectivity index (χ0v) is 46.2. The van der Waals surface area contributed by atoms with Crippen molar-refractivity contribution in [1.82, 2.24) is 20.4 Å². The number of nitrogens with zero attached hydrogens (tertiary/aromatic N) is 2. The van der Waals surface area contributed by atoms with Crippen molar-refractivity contribution in [2.75, 3.05) is 26.2 Å². The van der Waals surface area contributed by atoms with Crippen molar-refractivity contribution in [1.29, 1.82) is 0 Å². The molecule has 5 aromatic rings. The summed E-state index contributed by atoms with van der Waals surface area (Å²) in [7, 11) is -0.948. The summed E-state index contributed by atoms with van der Waals surface area (Å²) in [4.78, 5) is 30.6. The van der Waals surface area contributed by atoms with Gasteiger partial charge in [-0.2, -0.15) is 0 Å². The van der Waals surface area contributed by atoms with Gasteiger partial charge in [0.1, 0.15) is 0 Å². The van der Waals surface area contributed by atoms with Crippen molar-refractivity contribution in [3.63, 3.8) is 0 Å². The molecular formula is C62H84B2N4O6. The fourth-order valence-corrected chi connectivity index (χ4v) is 11.0. The first-order chi connectivity index (χ1) is 35.3. The van der Waals surface area contributed by atoms with E-state index in [9.17, 15) is 9.59 Å². The number of benzene rings is 5. The number of hydrogen-bond acceptors (Lipinski definition) is 8. The van der Waals surface area contributed by atoms with Crippen molar-refractivity contribution in [3.05, 3.63) is 131 Å². The molecule has 10 nitrogen and oxygen atoms in total. The average molecular weight is 1000 g/mol. The maximum atomic E-state index is 12.9. The van der Waals surface area contributed by atoms with Crippen LogP contribution in [0.25, 0.3) is 21.5 Å². The van der Waals surface area contributed by atoms with Gasteiger partial charge in [-0.05, 0) is 156 Å². The first-order valence-electron chi connectivity index (χ1n) is 27.8. The molecule has 0 unspecified atom stereocenters. The summed E-state index contributed by atoms with van der Waals surface area (Å²) < 4.78 is 26.6. The van der Waals surface area contributed by atoms with E-state index in [2.05, 4.69) is 179 Å². The first-order valence-corrected chi connectivity index (χ1v) is 27.8. The molecular weight excluding hydrogens is 918 g/mol. The summed E-state index contributed by atoms with van der Waals surface area (Å²) in [6.45, 7) is 28.3. The highest BCUT2D eigenvalue weighted by Crippen LogP contribution is 2.39. The van der Waals surface area contributed by atoms with E-state index in [1.807, 2.05) is 0 Å². The van der Waals surface area contributed by atoms with Crippen LogP contribution in [0.5, 0.6) is 0 Å². The predicted octanol–water partition coefficient (Wildman–Crippen LogP) is 10.9. The second-order valence-corrected chi connectivity index (χ2v) is 23.5. The van der Waals surface area contributed by atoms with E-state index < -0.39 is 36.6 Å². The predicted molar refractivity (Wildman–Crippen MR) is 304 cm³/mol. The molecule has 2 N–H and O–H groups in total. The zero-order valence-electron chi connectivity index (χ0n) is 46.2. The van der Waals surface area contributed by atoms with Crippen LogP contribution < -0.4 is 21.6 Å². The lowest BCUT2D eigenvalue weighted by Gasteiger charge is -2.32. The van der Waals surface area contributed by atoms with Gasteiger partial charge in [-0.15, -0.1) is 0 Å². The minimum atomic E-state index is -0.487. The third kappa shape index (κ3) is 13.0. The molecule has 8 rings (SSSR count). The van der Waals surface area contributed by atoms with Crippen molar-refractivity contribution in [3.8, 4) is 0 Å². The van der Waals surface area contributed by atoms with Crippen molar-refractivity contribution in [2.24, 2.45) is 5.92 Å². The second kappa shape index (κ2) is 24.0. The van der Waals surface area contributed by atoms with Crippen molar-refractivity contribution >= 4 is 58.5 Å². The molecule has 0 aromatic heterocycles. The molecule has 5 aromatic carbocycles. The normalized spacial score (nSPS) is 18.2. The van der Waals surface area contributed by atoms with Crippen LogP contribution >= 0.6 is 0 Å². The number of carbonyl (C=O) groups excluding carboxylic acids is 2. The lowest BCUT2D eigenvalue weighted by molar-refractivity contribution is -0.126. The fourth-order valence-electron chi connectivity index (χ4n) is 11.0. The Kier molecular flexibility index (Phi) is 18.0. The number of rotatable bonds is 23. The van der Waals surface area contributed by atoms with Crippen LogP contribution in [-0.4, -0.2) is 84.4 Å². The molecule has 0 bridgehead atoms. The Morgan fingerprint density at radius 1 is 0.527 bits per heavy atom. The summed E-state index contributed by atoms with van der Waals surface area (Å²) in [5.41, 5.74) is 5.76. The van der Waals surface area contributed by atoms with Gasteiger partial charge >= 0.3 is 14.2 Å². The van der Waals surface area contributed by atoms with Gasteiger partial charge in [0.25, 0.3) is 0 Å². The highest BCUT2D eigenvalue weighted by atomic mass is 16.7. The molecule has 0 atom stereocenters. The number of hydrogen-bond donors (Lipinski definition) is 2. The molecule has 0 radical (unpaired) electrons. The summed E-state index contributed by atoms with van der Waals surface area (Å²) in [6, 6.07) is 35.1. The highest BCUT2D eigenvalue weighted by molar-refractivity contribution is 6.63. The molecule has 3 fully saturated rings. The topological polar surface area (TPSA) is 102 Å². The number of carbonyl (C=O) groups is 2. The Labute approximate surface area is 444 Å². The van der Waals surface area contributed by atoms with Gasteiger partial charge < -0.3 is 29.3 Å². The van der Waals surface area contributed by atoms with Crippen LogP contribution in [0.1, 0.15) is 149 Å². The Morgan fingerprint density at radius 3 is 1.36 bits per heavy atom. The van der Waals surface area contributed by atoms with E-state index in [4.69, 9.17) is 18.6 Å². The highest BCUT2D eigenvalue weighted by Gasteiger charge is 2.53.